The van der Waals surface area contributed by atoms with E-state index >= 15 is 0 Å². The van der Waals surface area contributed by atoms with Gasteiger partial charge in [0, 0.05) is 24.2 Å². The summed E-state index contributed by atoms with van der Waals surface area (Å²) in [7, 11) is 0. The van der Waals surface area contributed by atoms with Gasteiger partial charge in [0.1, 0.15) is 6.04 Å². The number of hydrogen-bond donors (Lipinski definition) is 0. The molecule has 2 aromatic carbocycles. The number of nitrogens with zero attached hydrogens (tertiary/aromatic N) is 4. The van der Waals surface area contributed by atoms with Gasteiger partial charge >= 0.3 is 0 Å². The van der Waals surface area contributed by atoms with Gasteiger partial charge in [0.05, 0.1) is 15.5 Å². The van der Waals surface area contributed by atoms with Crippen LogP contribution >= 0.6 is 11.6 Å². The first-order chi connectivity index (χ1) is 14.0. The van der Waals surface area contributed by atoms with Gasteiger partial charge in [0.15, 0.2) is 0 Å². The highest BCUT2D eigenvalue weighted by atomic mass is 35.5. The number of aromatic nitrogens is 2. The van der Waals surface area contributed by atoms with Crippen LogP contribution in [0.25, 0.3) is 11.4 Å². The van der Waals surface area contributed by atoms with Crippen LogP contribution in [-0.2, 0) is 0 Å². The number of rotatable bonds is 4. The number of nitro groups is 1. The Bertz CT molecular complexity index is 1050. The molecule has 0 N–H and O–H groups in total. The molecule has 1 fully saturated rings. The number of amides is 1. The zero-order valence-corrected chi connectivity index (χ0v) is 16.1. The second-order valence-electron chi connectivity index (χ2n) is 6.75. The number of likely N-dealkylation sites (tertiary alicyclic amines) is 1. The molecule has 8 nitrogen and oxygen atoms in total. The van der Waals surface area contributed by atoms with E-state index in [0.29, 0.717) is 24.7 Å². The van der Waals surface area contributed by atoms with E-state index in [1.807, 2.05) is 30.3 Å². The van der Waals surface area contributed by atoms with Crippen LogP contribution in [0.5, 0.6) is 0 Å². The van der Waals surface area contributed by atoms with E-state index in [-0.39, 0.29) is 28.2 Å². The quantitative estimate of drug-likeness (QED) is 0.456. The maximum atomic E-state index is 13.1. The molecule has 1 saturated heterocycles. The summed E-state index contributed by atoms with van der Waals surface area (Å²) in [5.41, 5.74) is 0.882. The second-order valence-corrected chi connectivity index (χ2v) is 7.16. The number of piperidine rings is 1. The molecule has 2 heterocycles. The highest BCUT2D eigenvalue weighted by Gasteiger charge is 2.33. The van der Waals surface area contributed by atoms with Crippen LogP contribution in [0.1, 0.15) is 41.6 Å². The third-order valence-electron chi connectivity index (χ3n) is 4.92. The van der Waals surface area contributed by atoms with E-state index in [1.54, 1.807) is 4.90 Å². The summed E-state index contributed by atoms with van der Waals surface area (Å²) in [6.45, 7) is 0.514. The van der Waals surface area contributed by atoms with Gasteiger partial charge in [0.2, 0.25) is 11.7 Å². The first-order valence-electron chi connectivity index (χ1n) is 9.18. The Hall–Kier alpha value is -3.26. The second kappa shape index (κ2) is 8.00. The Balaban J connectivity index is 1.62. The van der Waals surface area contributed by atoms with E-state index in [4.69, 9.17) is 16.1 Å². The molecule has 0 radical (unpaired) electrons. The lowest BCUT2D eigenvalue weighted by molar-refractivity contribution is -0.384. The average molecular weight is 413 g/mol. The molecule has 4 rings (SSSR count). The number of carbonyl (C=O) groups is 1. The molecular formula is C20H17ClN4O4. The van der Waals surface area contributed by atoms with E-state index < -0.39 is 4.92 Å². The van der Waals surface area contributed by atoms with Crippen LogP contribution in [0.2, 0.25) is 5.02 Å². The summed E-state index contributed by atoms with van der Waals surface area (Å²) in [6.07, 6.45) is 2.45. The van der Waals surface area contributed by atoms with Crippen molar-refractivity contribution in [3.63, 3.8) is 0 Å². The van der Waals surface area contributed by atoms with Crippen molar-refractivity contribution in [1.82, 2.24) is 15.0 Å². The highest BCUT2D eigenvalue weighted by molar-refractivity contribution is 6.34. The van der Waals surface area contributed by atoms with Gasteiger partial charge in [0.25, 0.3) is 11.6 Å². The fraction of sp³-hybridized carbons (Fsp3) is 0.250. The zero-order valence-electron chi connectivity index (χ0n) is 15.3. The molecule has 1 aromatic heterocycles. The maximum Gasteiger partial charge on any atom is 0.270 e. The van der Waals surface area contributed by atoms with Crippen LogP contribution in [0.3, 0.4) is 0 Å². The molecule has 1 atom stereocenters. The largest absolute Gasteiger partial charge is 0.337 e. The predicted molar refractivity (Wildman–Crippen MR) is 105 cm³/mol. The summed E-state index contributed by atoms with van der Waals surface area (Å²) in [5.74, 6) is 0.524. The molecular weight excluding hydrogens is 396 g/mol. The van der Waals surface area contributed by atoms with E-state index in [1.165, 1.54) is 18.2 Å². The van der Waals surface area contributed by atoms with Crippen LogP contribution in [0.4, 0.5) is 5.69 Å². The van der Waals surface area contributed by atoms with Gasteiger partial charge in [-0.05, 0) is 25.3 Å². The third kappa shape index (κ3) is 3.84. The summed E-state index contributed by atoms with van der Waals surface area (Å²) >= 11 is 6.16. The Morgan fingerprint density at radius 3 is 2.72 bits per heavy atom. The van der Waals surface area contributed by atoms with E-state index in [0.717, 1.165) is 18.4 Å². The average Bonchev–Trinajstić information content (AvgIpc) is 3.24. The van der Waals surface area contributed by atoms with Crippen LogP contribution in [-0.4, -0.2) is 32.4 Å². The van der Waals surface area contributed by atoms with E-state index in [2.05, 4.69) is 10.1 Å². The Labute approximate surface area is 171 Å². The minimum atomic E-state index is -0.548. The number of nitro benzene ring substituents is 1. The first kappa shape index (κ1) is 19.1. The molecule has 3 aromatic rings. The molecule has 0 spiro atoms. The number of halogens is 1. The molecule has 0 unspecified atom stereocenters. The Morgan fingerprint density at radius 2 is 2.00 bits per heavy atom. The molecule has 0 aliphatic carbocycles. The third-order valence-corrected chi connectivity index (χ3v) is 5.23. The molecule has 1 aliphatic rings. The normalized spacial score (nSPS) is 16.6. The summed E-state index contributed by atoms with van der Waals surface area (Å²) in [4.78, 5) is 29.7. The summed E-state index contributed by atoms with van der Waals surface area (Å²) in [6, 6.07) is 12.9. The lowest BCUT2D eigenvalue weighted by Crippen LogP contribution is -2.38. The van der Waals surface area contributed by atoms with Crippen LogP contribution < -0.4 is 0 Å². The van der Waals surface area contributed by atoms with Gasteiger partial charge in [-0.15, -0.1) is 0 Å². The number of benzene rings is 2. The topological polar surface area (TPSA) is 102 Å². The van der Waals surface area contributed by atoms with Crippen molar-refractivity contribution >= 4 is 23.2 Å². The SMILES string of the molecule is O=C(c1ccc([N+](=O)[O-])cc1Cl)N1CCCC[C@H]1c1nc(-c2ccccc2)no1. The van der Waals surface area contributed by atoms with Crippen molar-refractivity contribution in [2.45, 2.75) is 25.3 Å². The number of carbonyl (C=O) groups excluding carboxylic acids is 1. The van der Waals surface area contributed by atoms with Crippen LogP contribution in [0, 0.1) is 10.1 Å². The van der Waals surface area contributed by atoms with Crippen LogP contribution in [0.15, 0.2) is 53.1 Å². The van der Waals surface area contributed by atoms with Crippen molar-refractivity contribution < 1.29 is 14.2 Å². The standard InChI is InChI=1S/C20H17ClN4O4/c21-16-12-14(25(27)28)9-10-15(16)20(26)24-11-5-4-8-17(24)19-22-18(23-29-19)13-6-2-1-3-7-13/h1-3,6-7,9-10,12,17H,4-5,8,11H2/t17-/m0/s1. The number of hydrogen-bond acceptors (Lipinski definition) is 6. The smallest absolute Gasteiger partial charge is 0.270 e. The Morgan fingerprint density at radius 1 is 1.21 bits per heavy atom. The Kier molecular flexibility index (Phi) is 5.26. The van der Waals surface area contributed by atoms with Gasteiger partial charge in [-0.25, -0.2) is 0 Å². The van der Waals surface area contributed by atoms with Gasteiger partial charge < -0.3 is 9.42 Å². The predicted octanol–water partition coefficient (Wildman–Crippen LogP) is 4.67. The molecule has 0 bridgehead atoms. The lowest BCUT2D eigenvalue weighted by Gasteiger charge is -2.33. The number of non-ortho nitro benzene ring substituents is 1. The molecule has 29 heavy (non-hydrogen) atoms. The monoisotopic (exact) mass is 412 g/mol. The molecule has 1 aliphatic heterocycles. The maximum absolute atomic E-state index is 13.1. The van der Waals surface area contributed by atoms with Gasteiger partial charge in [-0.2, -0.15) is 4.98 Å². The first-order valence-corrected chi connectivity index (χ1v) is 9.56. The molecule has 148 valence electrons. The lowest BCUT2D eigenvalue weighted by atomic mass is 10.0. The fourth-order valence-electron chi connectivity index (χ4n) is 3.45. The van der Waals surface area contributed by atoms with Crippen molar-refractivity contribution in [3.05, 3.63) is 75.1 Å². The van der Waals surface area contributed by atoms with Crippen molar-refractivity contribution in [2.24, 2.45) is 0 Å². The summed E-state index contributed by atoms with van der Waals surface area (Å²) in [5, 5.41) is 15.0. The highest BCUT2D eigenvalue weighted by Crippen LogP contribution is 2.34. The summed E-state index contributed by atoms with van der Waals surface area (Å²) < 4.78 is 5.48. The molecule has 1 amide bonds. The van der Waals surface area contributed by atoms with Crippen molar-refractivity contribution in [2.75, 3.05) is 6.54 Å². The van der Waals surface area contributed by atoms with Gasteiger partial charge in [-0.1, -0.05) is 47.1 Å². The molecule has 9 heteroatoms. The molecule has 0 saturated carbocycles. The minimum absolute atomic E-state index is 0.0454. The fourth-order valence-corrected chi connectivity index (χ4v) is 3.71. The minimum Gasteiger partial charge on any atom is -0.337 e. The zero-order chi connectivity index (χ0) is 20.4. The van der Waals surface area contributed by atoms with Crippen molar-refractivity contribution in [3.8, 4) is 11.4 Å². The van der Waals surface area contributed by atoms with E-state index in [9.17, 15) is 14.9 Å². The van der Waals surface area contributed by atoms with Crippen molar-refractivity contribution in [1.29, 1.82) is 0 Å². The van der Waals surface area contributed by atoms with Gasteiger partial charge in [-0.3, -0.25) is 14.9 Å².